The van der Waals surface area contributed by atoms with Gasteiger partial charge in [-0.3, -0.25) is 9.59 Å². The van der Waals surface area contributed by atoms with E-state index in [-0.39, 0.29) is 18.4 Å². The number of carbonyl (C=O) groups is 2. The zero-order chi connectivity index (χ0) is 14.4. The van der Waals surface area contributed by atoms with Crippen molar-refractivity contribution < 1.29 is 9.59 Å². The quantitative estimate of drug-likeness (QED) is 0.805. The number of nitrogens with two attached hydrogens (primary N) is 1. The lowest BCUT2D eigenvalue weighted by molar-refractivity contribution is -0.121. The molecule has 0 aliphatic rings. The molecule has 1 rings (SSSR count). The Morgan fingerprint density at radius 2 is 2.11 bits per heavy atom. The Kier molecular flexibility index (Phi) is 5.63. The Hall–Kier alpha value is -1.75. The molecule has 3 N–H and O–H groups in total. The van der Waals surface area contributed by atoms with E-state index in [9.17, 15) is 9.59 Å². The van der Waals surface area contributed by atoms with Crippen LogP contribution in [-0.2, 0) is 4.79 Å². The molecule has 5 nitrogen and oxygen atoms in total. The molecule has 0 aromatic heterocycles. The highest BCUT2D eigenvalue weighted by molar-refractivity contribution is 6.31. The first kappa shape index (κ1) is 15.3. The number of hydrogen-bond donors (Lipinski definition) is 2. The Morgan fingerprint density at radius 3 is 2.68 bits per heavy atom. The Labute approximate surface area is 117 Å². The van der Waals surface area contributed by atoms with Gasteiger partial charge in [-0.2, -0.15) is 0 Å². The number of rotatable bonds is 5. The van der Waals surface area contributed by atoms with Gasteiger partial charge in [0.1, 0.15) is 0 Å². The van der Waals surface area contributed by atoms with Crippen molar-refractivity contribution in [1.82, 2.24) is 10.2 Å². The van der Waals surface area contributed by atoms with Crippen LogP contribution in [0.25, 0.3) is 0 Å². The summed E-state index contributed by atoms with van der Waals surface area (Å²) in [5.74, 6) is -0.507. The Balaban J connectivity index is 2.98. The number of carbonyl (C=O) groups excluding carboxylic acids is 2. The lowest BCUT2D eigenvalue weighted by atomic mass is 10.1. The smallest absolute Gasteiger partial charge is 0.256 e. The van der Waals surface area contributed by atoms with Crippen LogP contribution in [0.4, 0.5) is 5.69 Å². The molecule has 0 fully saturated rings. The van der Waals surface area contributed by atoms with Gasteiger partial charge in [0.2, 0.25) is 5.91 Å². The lowest BCUT2D eigenvalue weighted by Crippen LogP contribution is -2.40. The number of nitrogen functional groups attached to an aromatic ring is 1. The molecule has 0 atom stereocenters. The fraction of sp³-hybridized carbons (Fsp3) is 0.385. The highest BCUT2D eigenvalue weighted by Gasteiger charge is 2.19. The SMILES string of the molecule is CCCN(CC(=O)NC)C(=O)c1cc(Cl)ccc1N. The van der Waals surface area contributed by atoms with E-state index in [2.05, 4.69) is 5.32 Å². The molecule has 1 aromatic rings. The minimum absolute atomic E-state index is 0.00905. The van der Waals surface area contributed by atoms with E-state index < -0.39 is 0 Å². The van der Waals surface area contributed by atoms with Crippen LogP contribution >= 0.6 is 11.6 Å². The first-order valence-corrected chi connectivity index (χ1v) is 6.42. The summed E-state index contributed by atoms with van der Waals surface area (Å²) < 4.78 is 0. The summed E-state index contributed by atoms with van der Waals surface area (Å²) in [4.78, 5) is 25.2. The predicted octanol–water partition coefficient (Wildman–Crippen LogP) is 1.52. The Bertz CT molecular complexity index is 477. The summed E-state index contributed by atoms with van der Waals surface area (Å²) in [6.07, 6.45) is 0.753. The molecule has 0 saturated heterocycles. The van der Waals surface area contributed by atoms with E-state index in [0.717, 1.165) is 6.42 Å². The molecule has 0 bridgehead atoms. The average Bonchev–Trinajstić information content (AvgIpc) is 2.40. The van der Waals surface area contributed by atoms with Crippen LogP contribution in [0.1, 0.15) is 23.7 Å². The third-order valence-electron chi connectivity index (χ3n) is 2.64. The third kappa shape index (κ3) is 4.13. The standard InChI is InChI=1S/C13H18ClN3O2/c1-3-6-17(8-12(18)16-2)13(19)10-7-9(14)4-5-11(10)15/h4-5,7H,3,6,8,15H2,1-2H3,(H,16,18). The van der Waals surface area contributed by atoms with Crippen LogP contribution in [0.3, 0.4) is 0 Å². The minimum Gasteiger partial charge on any atom is -0.398 e. The van der Waals surface area contributed by atoms with Crippen LogP contribution in [0.5, 0.6) is 0 Å². The van der Waals surface area contributed by atoms with Crippen LogP contribution in [-0.4, -0.2) is 36.9 Å². The second kappa shape index (κ2) is 6.99. The maximum absolute atomic E-state index is 12.4. The van der Waals surface area contributed by atoms with Gasteiger partial charge in [0.05, 0.1) is 12.1 Å². The first-order valence-electron chi connectivity index (χ1n) is 6.04. The van der Waals surface area contributed by atoms with E-state index in [4.69, 9.17) is 17.3 Å². The molecule has 0 unspecified atom stereocenters. The molecule has 0 aliphatic carbocycles. The molecule has 2 amide bonds. The number of benzene rings is 1. The number of nitrogens with one attached hydrogen (secondary N) is 1. The van der Waals surface area contributed by atoms with Gasteiger partial charge in [-0.25, -0.2) is 0 Å². The monoisotopic (exact) mass is 283 g/mol. The van der Waals surface area contributed by atoms with Crippen molar-refractivity contribution >= 4 is 29.1 Å². The zero-order valence-corrected chi connectivity index (χ0v) is 11.8. The normalized spacial score (nSPS) is 10.1. The molecule has 0 radical (unpaired) electrons. The number of halogens is 1. The maximum Gasteiger partial charge on any atom is 0.256 e. The van der Waals surface area contributed by atoms with Crippen molar-refractivity contribution in [3.63, 3.8) is 0 Å². The summed E-state index contributed by atoms with van der Waals surface area (Å²) in [5, 5.41) is 2.93. The van der Waals surface area contributed by atoms with Crippen LogP contribution in [0.2, 0.25) is 5.02 Å². The molecular weight excluding hydrogens is 266 g/mol. The van der Waals surface area contributed by atoms with Gasteiger partial charge < -0.3 is 16.0 Å². The van der Waals surface area contributed by atoms with Crippen LogP contribution in [0, 0.1) is 0 Å². The summed E-state index contributed by atoms with van der Waals surface area (Å²) in [6.45, 7) is 2.43. The molecule has 104 valence electrons. The number of likely N-dealkylation sites (N-methyl/N-ethyl adjacent to an activating group) is 1. The largest absolute Gasteiger partial charge is 0.398 e. The number of anilines is 1. The van der Waals surface area contributed by atoms with E-state index in [1.165, 1.54) is 18.0 Å². The van der Waals surface area contributed by atoms with E-state index in [1.54, 1.807) is 12.1 Å². The second-order valence-electron chi connectivity index (χ2n) is 4.13. The molecule has 6 heteroatoms. The van der Waals surface area contributed by atoms with Crippen LogP contribution < -0.4 is 11.1 Å². The molecule has 0 spiro atoms. The summed E-state index contributed by atoms with van der Waals surface area (Å²) in [7, 11) is 1.53. The van der Waals surface area contributed by atoms with Crippen molar-refractivity contribution in [1.29, 1.82) is 0 Å². The number of nitrogens with zero attached hydrogens (tertiary/aromatic N) is 1. The number of amides is 2. The van der Waals surface area contributed by atoms with Gasteiger partial charge >= 0.3 is 0 Å². The zero-order valence-electron chi connectivity index (χ0n) is 11.1. The van der Waals surface area contributed by atoms with Gasteiger partial charge in [-0.1, -0.05) is 18.5 Å². The number of hydrogen-bond acceptors (Lipinski definition) is 3. The van der Waals surface area contributed by atoms with Crippen molar-refractivity contribution in [3.05, 3.63) is 28.8 Å². The molecule has 1 aromatic carbocycles. The predicted molar refractivity (Wildman–Crippen MR) is 76.1 cm³/mol. The molecule has 0 saturated carbocycles. The molecule has 19 heavy (non-hydrogen) atoms. The van der Waals surface area contributed by atoms with Crippen molar-refractivity contribution in [2.75, 3.05) is 25.9 Å². The highest BCUT2D eigenvalue weighted by atomic mass is 35.5. The average molecular weight is 284 g/mol. The first-order chi connectivity index (χ1) is 8.99. The van der Waals surface area contributed by atoms with Gasteiger partial charge in [-0.15, -0.1) is 0 Å². The third-order valence-corrected chi connectivity index (χ3v) is 2.87. The summed E-state index contributed by atoms with van der Waals surface area (Å²) >= 11 is 5.87. The van der Waals surface area contributed by atoms with Crippen molar-refractivity contribution in [2.45, 2.75) is 13.3 Å². The van der Waals surface area contributed by atoms with E-state index >= 15 is 0 Å². The minimum atomic E-state index is -0.287. The fourth-order valence-electron chi connectivity index (χ4n) is 1.66. The summed E-state index contributed by atoms with van der Waals surface area (Å²) in [6, 6.07) is 4.72. The summed E-state index contributed by atoms with van der Waals surface area (Å²) in [5.41, 5.74) is 6.46. The molecule has 0 heterocycles. The Morgan fingerprint density at radius 1 is 1.42 bits per heavy atom. The van der Waals surface area contributed by atoms with Crippen molar-refractivity contribution in [3.8, 4) is 0 Å². The van der Waals surface area contributed by atoms with E-state index in [0.29, 0.717) is 22.8 Å². The van der Waals surface area contributed by atoms with Gasteiger partial charge in [-0.05, 0) is 24.6 Å². The second-order valence-corrected chi connectivity index (χ2v) is 4.57. The van der Waals surface area contributed by atoms with Gasteiger partial charge in [0.25, 0.3) is 5.91 Å². The topological polar surface area (TPSA) is 75.4 Å². The fourth-order valence-corrected chi connectivity index (χ4v) is 1.83. The van der Waals surface area contributed by atoms with E-state index in [1.807, 2.05) is 6.92 Å². The molecular formula is C13H18ClN3O2. The van der Waals surface area contributed by atoms with Crippen molar-refractivity contribution in [2.24, 2.45) is 0 Å². The van der Waals surface area contributed by atoms with Gasteiger partial charge in [0, 0.05) is 24.3 Å². The maximum atomic E-state index is 12.4. The lowest BCUT2D eigenvalue weighted by Gasteiger charge is -2.22. The van der Waals surface area contributed by atoms with Gasteiger partial charge in [0.15, 0.2) is 0 Å². The molecule has 0 aliphatic heterocycles. The highest BCUT2D eigenvalue weighted by Crippen LogP contribution is 2.19. The van der Waals surface area contributed by atoms with Crippen LogP contribution in [0.15, 0.2) is 18.2 Å².